The van der Waals surface area contributed by atoms with E-state index in [1.807, 2.05) is 0 Å². The van der Waals surface area contributed by atoms with Crippen LogP contribution in [0.3, 0.4) is 0 Å². The zero-order chi connectivity index (χ0) is 14.9. The molecule has 2 fully saturated rings. The number of hydrogen-bond acceptors (Lipinski definition) is 2. The molecule has 2 unspecified atom stereocenters. The number of rotatable bonds is 2. The Balaban J connectivity index is 1.91. The highest BCUT2D eigenvalue weighted by molar-refractivity contribution is 4.87. The first-order valence-electron chi connectivity index (χ1n) is 9.78. The van der Waals surface area contributed by atoms with Gasteiger partial charge in [0.2, 0.25) is 0 Å². The Kier molecular flexibility index (Phi) is 8.10. The predicted octanol–water partition coefficient (Wildman–Crippen LogP) is 4.72. The minimum Gasteiger partial charge on any atom is -0.329 e. The highest BCUT2D eigenvalue weighted by Gasteiger charge is 2.31. The van der Waals surface area contributed by atoms with Gasteiger partial charge in [0.05, 0.1) is 0 Å². The summed E-state index contributed by atoms with van der Waals surface area (Å²) in [4.78, 5) is 2.82. The molecular weight excluding hydrogens is 256 g/mol. The average Bonchev–Trinajstić information content (AvgIpc) is 2.48. The Hall–Kier alpha value is -0.0800. The summed E-state index contributed by atoms with van der Waals surface area (Å²) in [6.07, 6.45) is 18.7. The lowest BCUT2D eigenvalue weighted by molar-refractivity contribution is 0.0516. The van der Waals surface area contributed by atoms with Crippen LogP contribution in [-0.4, -0.2) is 30.1 Å². The van der Waals surface area contributed by atoms with Crippen molar-refractivity contribution in [3.63, 3.8) is 0 Å². The van der Waals surface area contributed by atoms with Gasteiger partial charge < -0.3 is 5.73 Å². The van der Waals surface area contributed by atoms with Gasteiger partial charge in [-0.1, -0.05) is 64.7 Å². The van der Waals surface area contributed by atoms with Gasteiger partial charge in [0, 0.05) is 18.6 Å². The molecule has 2 aliphatic rings. The van der Waals surface area contributed by atoms with Crippen LogP contribution < -0.4 is 5.73 Å². The summed E-state index contributed by atoms with van der Waals surface area (Å²) in [5.74, 6) is 0.796. The minimum absolute atomic E-state index is 0.650. The number of piperidine rings is 1. The molecule has 0 radical (unpaired) electrons. The summed E-state index contributed by atoms with van der Waals surface area (Å²) in [6, 6.07) is 1.47. The van der Waals surface area contributed by atoms with E-state index in [2.05, 4.69) is 11.8 Å². The van der Waals surface area contributed by atoms with E-state index >= 15 is 0 Å². The molecule has 0 aromatic heterocycles. The van der Waals surface area contributed by atoms with Crippen LogP contribution in [0.5, 0.6) is 0 Å². The second-order valence-corrected chi connectivity index (χ2v) is 7.57. The molecule has 2 rings (SSSR count). The van der Waals surface area contributed by atoms with E-state index in [9.17, 15) is 0 Å². The van der Waals surface area contributed by atoms with Crippen molar-refractivity contribution in [3.8, 4) is 0 Å². The normalized spacial score (nSPS) is 32.3. The molecule has 1 aliphatic heterocycles. The summed E-state index contributed by atoms with van der Waals surface area (Å²) in [5.41, 5.74) is 6.12. The summed E-state index contributed by atoms with van der Waals surface area (Å²) in [6.45, 7) is 4.58. The van der Waals surface area contributed by atoms with Crippen LogP contribution >= 0.6 is 0 Å². The smallest absolute Gasteiger partial charge is 0.0246 e. The van der Waals surface area contributed by atoms with Crippen LogP contribution in [0.4, 0.5) is 0 Å². The molecule has 0 spiro atoms. The van der Waals surface area contributed by atoms with Gasteiger partial charge in [-0.15, -0.1) is 0 Å². The lowest BCUT2D eigenvalue weighted by Crippen LogP contribution is -2.53. The Morgan fingerprint density at radius 1 is 0.762 bits per heavy atom. The Bertz CT molecular complexity index is 254. The fraction of sp³-hybridized carbons (Fsp3) is 1.00. The van der Waals surface area contributed by atoms with Gasteiger partial charge in [-0.2, -0.15) is 0 Å². The van der Waals surface area contributed by atoms with E-state index < -0.39 is 0 Å². The van der Waals surface area contributed by atoms with E-state index in [-0.39, 0.29) is 0 Å². The fourth-order valence-electron chi connectivity index (χ4n) is 4.58. The van der Waals surface area contributed by atoms with Gasteiger partial charge in [0.25, 0.3) is 0 Å². The van der Waals surface area contributed by atoms with Gasteiger partial charge in [-0.25, -0.2) is 0 Å². The summed E-state index contributed by atoms with van der Waals surface area (Å²) in [7, 11) is 0. The zero-order valence-electron chi connectivity index (χ0n) is 14.4. The monoisotopic (exact) mass is 294 g/mol. The highest BCUT2D eigenvalue weighted by Crippen LogP contribution is 2.29. The van der Waals surface area contributed by atoms with E-state index in [4.69, 9.17) is 5.73 Å². The van der Waals surface area contributed by atoms with E-state index in [0.717, 1.165) is 18.5 Å². The zero-order valence-corrected chi connectivity index (χ0v) is 14.4. The molecule has 2 nitrogen and oxygen atoms in total. The van der Waals surface area contributed by atoms with Crippen LogP contribution in [-0.2, 0) is 0 Å². The van der Waals surface area contributed by atoms with Crippen molar-refractivity contribution in [2.75, 3.05) is 13.1 Å². The van der Waals surface area contributed by atoms with Crippen molar-refractivity contribution in [3.05, 3.63) is 0 Å². The van der Waals surface area contributed by atoms with Crippen molar-refractivity contribution in [1.29, 1.82) is 0 Å². The Morgan fingerprint density at radius 2 is 1.29 bits per heavy atom. The molecule has 2 N–H and O–H groups in total. The molecule has 0 aromatic rings. The maximum absolute atomic E-state index is 6.12. The van der Waals surface area contributed by atoms with Crippen LogP contribution in [0.25, 0.3) is 0 Å². The number of nitrogens with zero attached hydrogens (tertiary/aromatic N) is 1. The molecule has 0 bridgehead atoms. The number of nitrogens with two attached hydrogens (primary N) is 1. The molecule has 124 valence electrons. The third kappa shape index (κ3) is 5.56. The van der Waals surface area contributed by atoms with E-state index in [1.54, 1.807) is 0 Å². The van der Waals surface area contributed by atoms with Crippen LogP contribution in [0.1, 0.15) is 90.4 Å². The molecular formula is C19H38N2. The average molecular weight is 295 g/mol. The minimum atomic E-state index is 0.650. The Labute approximate surface area is 132 Å². The molecule has 1 saturated heterocycles. The summed E-state index contributed by atoms with van der Waals surface area (Å²) >= 11 is 0. The topological polar surface area (TPSA) is 29.3 Å². The van der Waals surface area contributed by atoms with Gasteiger partial charge in [-0.3, -0.25) is 4.90 Å². The van der Waals surface area contributed by atoms with Crippen LogP contribution in [0, 0.1) is 5.92 Å². The molecule has 1 heterocycles. The van der Waals surface area contributed by atoms with Crippen molar-refractivity contribution < 1.29 is 0 Å². The first-order valence-corrected chi connectivity index (χ1v) is 9.78. The van der Waals surface area contributed by atoms with E-state index in [1.165, 1.54) is 90.0 Å². The van der Waals surface area contributed by atoms with Crippen molar-refractivity contribution in [1.82, 2.24) is 4.90 Å². The largest absolute Gasteiger partial charge is 0.329 e. The molecule has 2 heteroatoms. The van der Waals surface area contributed by atoms with Gasteiger partial charge in [0.15, 0.2) is 0 Å². The van der Waals surface area contributed by atoms with Gasteiger partial charge in [-0.05, 0) is 38.1 Å². The molecule has 0 aromatic carbocycles. The fourth-order valence-corrected chi connectivity index (χ4v) is 4.58. The lowest BCUT2D eigenvalue weighted by Gasteiger charge is -2.44. The molecule has 0 amide bonds. The maximum atomic E-state index is 6.12. The molecule has 2 atom stereocenters. The number of hydrogen-bond donors (Lipinski definition) is 1. The van der Waals surface area contributed by atoms with Gasteiger partial charge in [0.1, 0.15) is 0 Å². The van der Waals surface area contributed by atoms with Crippen LogP contribution in [0.2, 0.25) is 0 Å². The second-order valence-electron chi connectivity index (χ2n) is 7.57. The quantitative estimate of drug-likeness (QED) is 0.798. The molecule has 1 aliphatic carbocycles. The summed E-state index contributed by atoms with van der Waals surface area (Å²) < 4.78 is 0. The lowest BCUT2D eigenvalue weighted by atomic mass is 9.87. The Morgan fingerprint density at radius 3 is 1.81 bits per heavy atom. The van der Waals surface area contributed by atoms with Gasteiger partial charge >= 0.3 is 0 Å². The third-order valence-corrected chi connectivity index (χ3v) is 5.94. The number of likely N-dealkylation sites (tertiary alicyclic amines) is 1. The standard InChI is InChI=1S/C19H38N2/c1-17-12-11-15-21(19(17)16-20)18-13-9-7-5-3-2-4-6-8-10-14-18/h17-19H,2-16,20H2,1H3. The SMILES string of the molecule is CC1CCCN(C2CCCCCCCCCCC2)C1CN. The highest BCUT2D eigenvalue weighted by atomic mass is 15.2. The first kappa shape index (κ1) is 17.3. The van der Waals surface area contributed by atoms with Crippen molar-refractivity contribution in [2.24, 2.45) is 11.7 Å². The summed E-state index contributed by atoms with van der Waals surface area (Å²) in [5, 5.41) is 0. The molecule has 21 heavy (non-hydrogen) atoms. The van der Waals surface area contributed by atoms with Crippen LogP contribution in [0.15, 0.2) is 0 Å². The van der Waals surface area contributed by atoms with E-state index in [0.29, 0.717) is 6.04 Å². The van der Waals surface area contributed by atoms with Crippen molar-refractivity contribution >= 4 is 0 Å². The first-order chi connectivity index (χ1) is 10.3. The van der Waals surface area contributed by atoms with Crippen molar-refractivity contribution in [2.45, 2.75) is 102 Å². The predicted molar refractivity (Wildman–Crippen MR) is 92.5 cm³/mol. The maximum Gasteiger partial charge on any atom is 0.0246 e. The third-order valence-electron chi connectivity index (χ3n) is 5.94. The second kappa shape index (κ2) is 9.84. The molecule has 1 saturated carbocycles.